The summed E-state index contributed by atoms with van der Waals surface area (Å²) in [4.78, 5) is 29.0. The molecule has 6 heteroatoms. The summed E-state index contributed by atoms with van der Waals surface area (Å²) in [6.45, 7) is 5.83. The molecular weight excluding hydrogens is 338 g/mol. The summed E-state index contributed by atoms with van der Waals surface area (Å²) in [5.74, 6) is -0.285. The fourth-order valence-corrected chi connectivity index (χ4v) is 3.90. The van der Waals surface area contributed by atoms with Gasteiger partial charge in [-0.25, -0.2) is 0 Å². The summed E-state index contributed by atoms with van der Waals surface area (Å²) in [5, 5.41) is 3.75. The predicted octanol–water partition coefficient (Wildman–Crippen LogP) is 2.68. The SMILES string of the molecule is CCCN1CCC(NC(=O)C2CC(=O)N(c3cccc(Cl)c3)C2)CC1. The van der Waals surface area contributed by atoms with Gasteiger partial charge in [-0.05, 0) is 44.0 Å². The third-order valence-corrected chi connectivity index (χ3v) is 5.32. The minimum absolute atomic E-state index is 0.00631. The maximum Gasteiger partial charge on any atom is 0.227 e. The number of anilines is 1. The van der Waals surface area contributed by atoms with E-state index < -0.39 is 0 Å². The highest BCUT2D eigenvalue weighted by Gasteiger charge is 2.36. The zero-order valence-electron chi connectivity index (χ0n) is 14.7. The van der Waals surface area contributed by atoms with Gasteiger partial charge in [-0.2, -0.15) is 0 Å². The summed E-state index contributed by atoms with van der Waals surface area (Å²) in [6, 6.07) is 7.45. The molecular formula is C19H26ClN3O2. The molecule has 1 N–H and O–H groups in total. The lowest BCUT2D eigenvalue weighted by atomic mass is 10.0. The van der Waals surface area contributed by atoms with Gasteiger partial charge in [0.25, 0.3) is 0 Å². The van der Waals surface area contributed by atoms with E-state index in [9.17, 15) is 9.59 Å². The van der Waals surface area contributed by atoms with Gasteiger partial charge in [-0.1, -0.05) is 24.6 Å². The van der Waals surface area contributed by atoms with Crippen molar-refractivity contribution in [3.63, 3.8) is 0 Å². The van der Waals surface area contributed by atoms with Gasteiger partial charge < -0.3 is 15.1 Å². The maximum absolute atomic E-state index is 12.6. The van der Waals surface area contributed by atoms with Crippen molar-refractivity contribution in [1.82, 2.24) is 10.2 Å². The Hall–Kier alpha value is -1.59. The second kappa shape index (κ2) is 8.19. The molecule has 2 saturated heterocycles. The van der Waals surface area contributed by atoms with E-state index in [4.69, 9.17) is 11.6 Å². The normalized spacial score (nSPS) is 22.4. The average molecular weight is 364 g/mol. The van der Waals surface area contributed by atoms with Gasteiger partial charge in [-0.15, -0.1) is 0 Å². The molecule has 1 aromatic carbocycles. The molecule has 0 aliphatic carbocycles. The van der Waals surface area contributed by atoms with Crippen LogP contribution in [-0.2, 0) is 9.59 Å². The van der Waals surface area contributed by atoms with Crippen molar-refractivity contribution in [3.05, 3.63) is 29.3 Å². The molecule has 5 nitrogen and oxygen atoms in total. The Morgan fingerprint density at radius 3 is 2.76 bits per heavy atom. The van der Waals surface area contributed by atoms with Crippen molar-refractivity contribution < 1.29 is 9.59 Å². The van der Waals surface area contributed by atoms with Crippen LogP contribution >= 0.6 is 11.6 Å². The highest BCUT2D eigenvalue weighted by atomic mass is 35.5. The molecule has 0 aromatic heterocycles. The van der Waals surface area contributed by atoms with Crippen LogP contribution in [0.2, 0.25) is 5.02 Å². The van der Waals surface area contributed by atoms with Gasteiger partial charge in [-0.3, -0.25) is 9.59 Å². The second-order valence-corrected chi connectivity index (χ2v) is 7.45. The number of hydrogen-bond acceptors (Lipinski definition) is 3. The minimum atomic E-state index is -0.278. The van der Waals surface area contributed by atoms with E-state index in [2.05, 4.69) is 17.1 Å². The van der Waals surface area contributed by atoms with Crippen molar-refractivity contribution >= 4 is 29.1 Å². The summed E-state index contributed by atoms with van der Waals surface area (Å²) < 4.78 is 0. The molecule has 2 fully saturated rings. The highest BCUT2D eigenvalue weighted by Crippen LogP contribution is 2.27. The van der Waals surface area contributed by atoms with Crippen LogP contribution in [0.25, 0.3) is 0 Å². The first-order valence-electron chi connectivity index (χ1n) is 9.15. The van der Waals surface area contributed by atoms with Crippen molar-refractivity contribution in [2.75, 3.05) is 31.1 Å². The van der Waals surface area contributed by atoms with Crippen LogP contribution in [-0.4, -0.2) is 48.9 Å². The molecule has 2 aliphatic heterocycles. The topological polar surface area (TPSA) is 52.7 Å². The first kappa shape index (κ1) is 18.2. The monoisotopic (exact) mass is 363 g/mol. The number of carbonyl (C=O) groups is 2. The Morgan fingerprint density at radius 1 is 1.32 bits per heavy atom. The van der Waals surface area contributed by atoms with Crippen molar-refractivity contribution in [2.24, 2.45) is 5.92 Å². The van der Waals surface area contributed by atoms with Crippen LogP contribution in [0.3, 0.4) is 0 Å². The van der Waals surface area contributed by atoms with Crippen LogP contribution < -0.4 is 10.2 Å². The lowest BCUT2D eigenvalue weighted by molar-refractivity contribution is -0.127. The number of carbonyl (C=O) groups excluding carboxylic acids is 2. The van der Waals surface area contributed by atoms with E-state index >= 15 is 0 Å². The van der Waals surface area contributed by atoms with E-state index in [1.165, 1.54) is 6.42 Å². The number of amides is 2. The molecule has 0 saturated carbocycles. The number of halogens is 1. The van der Waals surface area contributed by atoms with Crippen LogP contribution in [0, 0.1) is 5.92 Å². The van der Waals surface area contributed by atoms with Gasteiger partial charge in [0.1, 0.15) is 0 Å². The number of piperidine rings is 1. The van der Waals surface area contributed by atoms with E-state index in [-0.39, 0.29) is 30.2 Å². The molecule has 2 aliphatic rings. The Bertz CT molecular complexity index is 629. The predicted molar refractivity (Wildman–Crippen MR) is 99.8 cm³/mol. The summed E-state index contributed by atoms with van der Waals surface area (Å²) in [5.41, 5.74) is 0.765. The fourth-order valence-electron chi connectivity index (χ4n) is 3.71. The van der Waals surface area contributed by atoms with E-state index in [0.717, 1.165) is 38.2 Å². The van der Waals surface area contributed by atoms with Gasteiger partial charge in [0.05, 0.1) is 5.92 Å². The van der Waals surface area contributed by atoms with Gasteiger partial charge in [0.2, 0.25) is 11.8 Å². The number of hydrogen-bond donors (Lipinski definition) is 1. The Labute approximate surface area is 154 Å². The number of benzene rings is 1. The van der Waals surface area contributed by atoms with Crippen LogP contribution in [0.15, 0.2) is 24.3 Å². The first-order chi connectivity index (χ1) is 12.1. The van der Waals surface area contributed by atoms with Gasteiger partial charge in [0, 0.05) is 42.8 Å². The van der Waals surface area contributed by atoms with E-state index in [0.29, 0.717) is 11.6 Å². The molecule has 0 radical (unpaired) electrons. The molecule has 1 aromatic rings. The summed E-state index contributed by atoms with van der Waals surface area (Å²) in [7, 11) is 0. The van der Waals surface area contributed by atoms with E-state index in [1.54, 1.807) is 17.0 Å². The molecule has 1 atom stereocenters. The molecule has 0 spiro atoms. The number of likely N-dealkylation sites (tertiary alicyclic amines) is 1. The van der Waals surface area contributed by atoms with Crippen LogP contribution in [0.5, 0.6) is 0 Å². The standard InChI is InChI=1S/C19H26ClN3O2/c1-2-8-22-9-6-16(7-10-22)21-19(25)14-11-18(24)23(13-14)17-5-3-4-15(20)12-17/h3-5,12,14,16H,2,6-11,13H2,1H3,(H,21,25). The number of nitrogens with zero attached hydrogens (tertiary/aromatic N) is 2. The molecule has 3 rings (SSSR count). The molecule has 2 amide bonds. The lowest BCUT2D eigenvalue weighted by Gasteiger charge is -2.32. The lowest BCUT2D eigenvalue weighted by Crippen LogP contribution is -2.46. The maximum atomic E-state index is 12.6. The largest absolute Gasteiger partial charge is 0.353 e. The van der Waals surface area contributed by atoms with Crippen LogP contribution in [0.4, 0.5) is 5.69 Å². The fraction of sp³-hybridized carbons (Fsp3) is 0.579. The van der Waals surface area contributed by atoms with Gasteiger partial charge in [0.15, 0.2) is 0 Å². The second-order valence-electron chi connectivity index (χ2n) is 7.01. The quantitative estimate of drug-likeness (QED) is 0.875. The van der Waals surface area contributed by atoms with Crippen molar-refractivity contribution in [3.8, 4) is 0 Å². The molecule has 2 heterocycles. The zero-order chi connectivity index (χ0) is 17.8. The van der Waals surface area contributed by atoms with Crippen molar-refractivity contribution in [2.45, 2.75) is 38.6 Å². The summed E-state index contributed by atoms with van der Waals surface area (Å²) in [6.07, 6.45) is 3.42. The minimum Gasteiger partial charge on any atom is -0.353 e. The Morgan fingerprint density at radius 2 is 2.08 bits per heavy atom. The third kappa shape index (κ3) is 4.53. The third-order valence-electron chi connectivity index (χ3n) is 5.09. The zero-order valence-corrected chi connectivity index (χ0v) is 15.5. The molecule has 136 valence electrons. The smallest absolute Gasteiger partial charge is 0.227 e. The van der Waals surface area contributed by atoms with Crippen molar-refractivity contribution in [1.29, 1.82) is 0 Å². The highest BCUT2D eigenvalue weighted by molar-refractivity contribution is 6.30. The molecule has 0 bridgehead atoms. The number of rotatable bonds is 5. The summed E-state index contributed by atoms with van der Waals surface area (Å²) >= 11 is 6.01. The Kier molecular flexibility index (Phi) is 5.97. The molecule has 1 unspecified atom stereocenters. The number of nitrogens with one attached hydrogen (secondary N) is 1. The Balaban J connectivity index is 1.53. The van der Waals surface area contributed by atoms with Crippen LogP contribution in [0.1, 0.15) is 32.6 Å². The van der Waals surface area contributed by atoms with E-state index in [1.807, 2.05) is 12.1 Å². The molecule has 25 heavy (non-hydrogen) atoms. The van der Waals surface area contributed by atoms with Gasteiger partial charge >= 0.3 is 0 Å². The first-order valence-corrected chi connectivity index (χ1v) is 9.53. The average Bonchev–Trinajstić information content (AvgIpc) is 2.99.